The zero-order valence-corrected chi connectivity index (χ0v) is 43.3. The first-order chi connectivity index (χ1) is 32.9. The molecule has 2 aliphatic heterocycles. The number of fused-ring (bicyclic) bond motifs is 2. The highest BCUT2D eigenvalue weighted by molar-refractivity contribution is 8.13. The van der Waals surface area contributed by atoms with E-state index in [2.05, 4.69) is 35.3 Å². The molecule has 4 aromatic carbocycles. The molecule has 0 aromatic heterocycles. The van der Waals surface area contributed by atoms with Gasteiger partial charge in [-0.2, -0.15) is 26.3 Å². The second-order valence-corrected chi connectivity index (χ2v) is 23.1. The van der Waals surface area contributed by atoms with Crippen LogP contribution in [0.2, 0.25) is 0 Å². The zero-order valence-electron chi connectivity index (χ0n) is 40.9. The van der Waals surface area contributed by atoms with Crippen LogP contribution in [0.15, 0.2) is 94.7 Å². The third-order valence-corrected chi connectivity index (χ3v) is 16.9. The van der Waals surface area contributed by atoms with E-state index in [1.54, 1.807) is 24.3 Å². The average molecular weight is 1040 g/mol. The van der Waals surface area contributed by atoms with Crippen LogP contribution in [-0.4, -0.2) is 67.5 Å². The van der Waals surface area contributed by atoms with Gasteiger partial charge in [0, 0.05) is 36.9 Å². The van der Waals surface area contributed by atoms with Crippen molar-refractivity contribution in [2.24, 2.45) is 23.7 Å². The summed E-state index contributed by atoms with van der Waals surface area (Å²) in [4.78, 5) is 6.75. The summed E-state index contributed by atoms with van der Waals surface area (Å²) < 4.78 is 128. The number of alkyl halides is 6. The van der Waals surface area contributed by atoms with E-state index >= 15 is 0 Å². The molecule has 3 N–H and O–H groups in total. The van der Waals surface area contributed by atoms with Gasteiger partial charge in [0.15, 0.2) is 0 Å². The minimum Gasteiger partial charge on any atom is -0.397 e. The fourth-order valence-corrected chi connectivity index (χ4v) is 11.9. The molecule has 0 unspecified atom stereocenters. The van der Waals surface area contributed by atoms with Crippen molar-refractivity contribution >= 4 is 52.5 Å². The third-order valence-electron chi connectivity index (χ3n) is 14.2. The highest BCUT2D eigenvalue weighted by Crippen LogP contribution is 2.43. The monoisotopic (exact) mass is 1040 g/mol. The van der Waals surface area contributed by atoms with Gasteiger partial charge in [0.25, 0.3) is 19.1 Å². The quantitative estimate of drug-likeness (QED) is 0.0967. The Labute approximate surface area is 416 Å². The second kappa shape index (κ2) is 25.0. The molecule has 2 saturated carbocycles. The first-order valence-corrected chi connectivity index (χ1v) is 28.2. The molecule has 4 aromatic rings. The molecule has 18 heteroatoms. The van der Waals surface area contributed by atoms with Crippen molar-refractivity contribution in [2.75, 3.05) is 66.1 Å². The van der Waals surface area contributed by atoms with Crippen molar-refractivity contribution in [3.8, 4) is 0 Å². The molecule has 4 atom stereocenters. The first kappa shape index (κ1) is 56.7. The number of rotatable bonds is 9. The fraction of sp³-hybridized carbons (Fsp3) is 0.538. The molecule has 2 saturated heterocycles. The summed E-state index contributed by atoms with van der Waals surface area (Å²) in [6.07, 6.45) is 3.11. The Morgan fingerprint density at radius 2 is 0.986 bits per heavy atom. The van der Waals surface area contributed by atoms with Gasteiger partial charge in [0.2, 0.25) is 0 Å². The average Bonchev–Trinajstić information content (AvgIpc) is 3.32. The predicted molar refractivity (Wildman–Crippen MR) is 272 cm³/mol. The van der Waals surface area contributed by atoms with Gasteiger partial charge in [-0.1, -0.05) is 94.7 Å². The summed E-state index contributed by atoms with van der Waals surface area (Å²) in [6, 6.07) is 19.7. The molecular formula is C52H70ClF6N5O4S2. The smallest absolute Gasteiger partial charge is 0.397 e. The fourth-order valence-electron chi connectivity index (χ4n) is 10.0. The highest BCUT2D eigenvalue weighted by Gasteiger charge is 2.36. The lowest BCUT2D eigenvalue weighted by molar-refractivity contribution is -0.138. The first-order valence-electron chi connectivity index (χ1n) is 24.4. The molecule has 70 heavy (non-hydrogen) atoms. The van der Waals surface area contributed by atoms with Crippen LogP contribution in [0.3, 0.4) is 0 Å². The number of hydrogen-bond acceptors (Lipinski definition) is 8. The van der Waals surface area contributed by atoms with Crippen LogP contribution in [0.1, 0.15) is 107 Å². The summed E-state index contributed by atoms with van der Waals surface area (Å²) in [5.74, 6) is 2.64. The van der Waals surface area contributed by atoms with Crippen molar-refractivity contribution in [3.63, 3.8) is 0 Å². The van der Waals surface area contributed by atoms with E-state index in [4.69, 9.17) is 16.4 Å². The number of piperidine rings is 2. The van der Waals surface area contributed by atoms with Gasteiger partial charge in [0.1, 0.15) is 0 Å². The minimum absolute atomic E-state index is 0.0208. The largest absolute Gasteiger partial charge is 0.416 e. The summed E-state index contributed by atoms with van der Waals surface area (Å²) in [5, 5.41) is 0. The number of nitrogens with zero attached hydrogens (tertiary/aromatic N) is 3. The van der Waals surface area contributed by atoms with Gasteiger partial charge in [-0.25, -0.2) is 16.8 Å². The van der Waals surface area contributed by atoms with Gasteiger partial charge < -0.3 is 20.4 Å². The number of hydrogen-bond donors (Lipinski definition) is 2. The van der Waals surface area contributed by atoms with Crippen LogP contribution in [0.4, 0.5) is 49.1 Å². The van der Waals surface area contributed by atoms with Gasteiger partial charge in [0.05, 0.1) is 43.7 Å². The van der Waals surface area contributed by atoms with Crippen molar-refractivity contribution in [1.82, 2.24) is 4.90 Å². The number of nitrogens with two attached hydrogens (primary N) is 1. The molecule has 0 radical (unpaired) electrons. The Hall–Kier alpha value is -4.19. The topological polar surface area (TPSA) is 116 Å². The second-order valence-electron chi connectivity index (χ2n) is 18.9. The van der Waals surface area contributed by atoms with Gasteiger partial charge in [-0.15, -0.1) is 0 Å². The van der Waals surface area contributed by atoms with E-state index in [9.17, 15) is 43.2 Å². The summed E-state index contributed by atoms with van der Waals surface area (Å²) >= 11 is 0. The summed E-state index contributed by atoms with van der Waals surface area (Å²) in [6.45, 7) is 17.1. The van der Waals surface area contributed by atoms with E-state index < -0.39 is 42.6 Å². The maximum atomic E-state index is 13.4. The van der Waals surface area contributed by atoms with E-state index in [1.165, 1.54) is 101 Å². The van der Waals surface area contributed by atoms with Gasteiger partial charge >= 0.3 is 12.4 Å². The number of nitrogen functional groups attached to an aromatic ring is 1. The molecule has 8 rings (SSSR count). The van der Waals surface area contributed by atoms with Crippen molar-refractivity contribution < 1.29 is 43.2 Å². The maximum Gasteiger partial charge on any atom is 0.416 e. The minimum atomic E-state index is -4.56. The summed E-state index contributed by atoms with van der Waals surface area (Å²) in [5.41, 5.74) is 7.72. The molecule has 2 aliphatic carbocycles. The van der Waals surface area contributed by atoms with E-state index in [0.29, 0.717) is 30.0 Å². The number of anilines is 4. The van der Waals surface area contributed by atoms with Crippen LogP contribution < -0.4 is 20.3 Å². The van der Waals surface area contributed by atoms with E-state index in [0.717, 1.165) is 85.9 Å². The number of aryl methyl sites for hydroxylation is 2. The maximum absolute atomic E-state index is 13.4. The zero-order chi connectivity index (χ0) is 51.4. The third kappa shape index (κ3) is 16.2. The van der Waals surface area contributed by atoms with Gasteiger partial charge in [-0.05, 0) is 144 Å². The van der Waals surface area contributed by atoms with Crippen molar-refractivity contribution in [2.45, 2.75) is 121 Å². The lowest BCUT2D eigenvalue weighted by Crippen LogP contribution is -2.42. The summed E-state index contributed by atoms with van der Waals surface area (Å²) in [7, 11) is -2.49. The standard InChI is InChI=1S/C23H27F3N2O2S.C16H21F3N2.C7H7ClO2S.C6H15N/c1-16-6-9-20(10-7-16)31(29,30)27-21-14-19(23(24,25)26)8-11-22(21)28-13-12-17-4-2-3-5-18(17)15-28;17-16(18,19)13-5-6-15(14(20)9-13)21-8-7-11-3-1-2-4-12(11)10-21;1-6-2-4-7(5-3-6)11(8,9)10;1-4-7(5-2)6-3/h6-11,14,17-18,27H,2-5,12-13,15H2,1H3;5-6,9,11-12H,1-4,7-8,10,20H2;2-5H,1H3;4-6H2,1-3H3/t17-,18-;11-,12-;;/m00../s1. The molecule has 4 aliphatic rings. The number of nitrogens with one attached hydrogen (secondary N) is 1. The molecule has 0 amide bonds. The molecule has 2 heterocycles. The normalized spacial score (nSPS) is 20.6. The van der Waals surface area contributed by atoms with Crippen LogP contribution in [-0.2, 0) is 31.4 Å². The molecule has 4 fully saturated rings. The Morgan fingerprint density at radius 1 is 0.586 bits per heavy atom. The number of halogens is 7. The van der Waals surface area contributed by atoms with Crippen LogP contribution in [0.25, 0.3) is 0 Å². The number of benzene rings is 4. The van der Waals surface area contributed by atoms with Crippen LogP contribution in [0.5, 0.6) is 0 Å². The molecule has 9 nitrogen and oxygen atoms in total. The Kier molecular flexibility index (Phi) is 20.2. The van der Waals surface area contributed by atoms with Gasteiger partial charge in [-0.3, -0.25) is 4.72 Å². The highest BCUT2D eigenvalue weighted by atomic mass is 35.7. The van der Waals surface area contributed by atoms with Crippen LogP contribution in [0, 0.1) is 37.5 Å². The SMILES string of the molecule is CCN(CC)CC.Cc1ccc(S(=O)(=O)Cl)cc1.Cc1ccc(S(=O)(=O)Nc2cc(C(F)(F)F)ccc2N2CC[C@@H]3CCCC[C@H]3C2)cc1.Nc1cc(C(F)(F)F)ccc1N1CC[C@@H]2CCCC[C@H]2C1. The Bertz CT molecular complexity index is 2500. The molecular weight excluding hydrogens is 972 g/mol. The van der Waals surface area contributed by atoms with Crippen LogP contribution >= 0.6 is 10.7 Å². The number of sulfonamides is 1. The Balaban J connectivity index is 0.000000200. The lowest BCUT2D eigenvalue weighted by Gasteiger charge is -2.42. The lowest BCUT2D eigenvalue weighted by atomic mass is 9.75. The molecule has 0 bridgehead atoms. The molecule has 388 valence electrons. The van der Waals surface area contributed by atoms with E-state index in [1.807, 2.05) is 18.7 Å². The van der Waals surface area contributed by atoms with E-state index in [-0.39, 0.29) is 21.2 Å². The van der Waals surface area contributed by atoms with Crippen molar-refractivity contribution in [3.05, 3.63) is 107 Å². The predicted octanol–water partition coefficient (Wildman–Crippen LogP) is 13.4. The van der Waals surface area contributed by atoms with Crippen molar-refractivity contribution in [1.29, 1.82) is 0 Å². The molecule has 0 spiro atoms. The Morgan fingerprint density at radius 3 is 1.39 bits per heavy atom.